The van der Waals surface area contributed by atoms with E-state index >= 15 is 0 Å². The highest BCUT2D eigenvalue weighted by molar-refractivity contribution is 14.1. The van der Waals surface area contributed by atoms with Crippen LogP contribution in [0.5, 0.6) is 0 Å². The molecule has 1 fully saturated rings. The molecule has 2 rings (SSSR count). The van der Waals surface area contributed by atoms with Crippen molar-refractivity contribution in [3.8, 4) is 0 Å². The second-order valence-electron chi connectivity index (χ2n) is 16.5. The van der Waals surface area contributed by atoms with Gasteiger partial charge in [-0.15, -0.1) is 0 Å². The minimum absolute atomic E-state index is 0.0561. The average molecular weight is 1090 g/mol. The van der Waals surface area contributed by atoms with Gasteiger partial charge in [0, 0.05) is 94.0 Å². The Balaban J connectivity index is 1.98. The number of urea groups is 1. The van der Waals surface area contributed by atoms with E-state index in [-0.39, 0.29) is 117 Å². The molecule has 26 heteroatoms. The molecule has 1 aliphatic heterocycles. The Hall–Kier alpha value is -5.71. The van der Waals surface area contributed by atoms with E-state index in [1.54, 1.807) is 48.8 Å². The van der Waals surface area contributed by atoms with Gasteiger partial charge in [-0.05, 0) is 98.2 Å². The lowest BCUT2D eigenvalue weighted by molar-refractivity contribution is -0.145. The van der Waals surface area contributed by atoms with Crippen molar-refractivity contribution in [3.63, 3.8) is 0 Å². The molecule has 1 saturated heterocycles. The number of hydrogen-bond acceptors (Lipinski definition) is 14. The summed E-state index contributed by atoms with van der Waals surface area (Å²) in [7, 11) is 0. The first-order chi connectivity index (χ1) is 32.6. The van der Waals surface area contributed by atoms with Crippen molar-refractivity contribution >= 4 is 82.2 Å². The van der Waals surface area contributed by atoms with Crippen molar-refractivity contribution in [2.45, 2.75) is 82.3 Å². The Labute approximate surface area is 412 Å². The van der Waals surface area contributed by atoms with Gasteiger partial charge >= 0.3 is 47.8 Å². The Morgan fingerprint density at radius 1 is 0.536 bits per heavy atom. The van der Waals surface area contributed by atoms with Crippen molar-refractivity contribution in [2.24, 2.45) is 0 Å². The maximum absolute atomic E-state index is 13.6. The minimum Gasteiger partial charge on any atom is -0.481 e. The van der Waals surface area contributed by atoms with Gasteiger partial charge in [0.1, 0.15) is 18.1 Å². The summed E-state index contributed by atoms with van der Waals surface area (Å²) < 4.78 is 0.917. The molecular formula is C43H65IN8O17. The number of benzene rings is 1. The van der Waals surface area contributed by atoms with Gasteiger partial charge in [-0.25, -0.2) is 14.4 Å². The molecule has 1 aromatic rings. The number of amides is 4. The van der Waals surface area contributed by atoms with Gasteiger partial charge in [-0.1, -0.05) is 0 Å². The van der Waals surface area contributed by atoms with Crippen LogP contribution in [0.15, 0.2) is 24.3 Å². The van der Waals surface area contributed by atoms with E-state index < -0.39 is 84.7 Å². The molecule has 0 aliphatic carbocycles. The lowest BCUT2D eigenvalue weighted by Gasteiger charge is -2.35. The van der Waals surface area contributed by atoms with Crippen LogP contribution in [0.1, 0.15) is 74.6 Å². The molecule has 25 nitrogen and oxygen atoms in total. The molecule has 1 aliphatic rings. The molecule has 1 heterocycles. The van der Waals surface area contributed by atoms with E-state index in [9.17, 15) is 78.6 Å². The van der Waals surface area contributed by atoms with Crippen molar-refractivity contribution in [2.75, 3.05) is 91.6 Å². The standard InChI is InChI=1S/C43H65IN8O17/c44-30-9-7-29(8-10-30)39(62)52(17-5-2-6-31(40(63)64)46-43(69)47-32(41(65)66)11-14-35(54)55)16-4-1-3-15-45-34(53)13-12-33(42(67)68)51-24-22-49(27-37(58)59)20-18-48(26-36(56)57)19-21-50(23-25-51)28-38(60)61/h7-10,31-33H,1-6,11-28H2,(H,45,53)(H,54,55)(H,56,57)(H,58,59)(H,60,61)(H,63,64)(H,65,66)(H,67,68)(H2,46,47,69)/t31-,32-,33?/m0/s1. The number of rotatable bonds is 30. The average Bonchev–Trinajstić information content (AvgIpc) is 3.26. The number of unbranched alkanes of at least 4 members (excludes halogenated alkanes) is 3. The molecule has 10 N–H and O–H groups in total. The molecule has 1 unspecified atom stereocenters. The summed E-state index contributed by atoms with van der Waals surface area (Å²) in [6, 6.07) is 1.72. The van der Waals surface area contributed by atoms with Gasteiger partial charge in [0.05, 0.1) is 19.6 Å². The summed E-state index contributed by atoms with van der Waals surface area (Å²) in [6.45, 7) is 0.743. The maximum atomic E-state index is 13.6. The first-order valence-corrected chi connectivity index (χ1v) is 23.6. The maximum Gasteiger partial charge on any atom is 0.326 e. The molecule has 3 atom stereocenters. The summed E-state index contributed by atoms with van der Waals surface area (Å²) >= 11 is 2.11. The predicted octanol–water partition coefficient (Wildman–Crippen LogP) is -0.0306. The largest absolute Gasteiger partial charge is 0.481 e. The summed E-state index contributed by atoms with van der Waals surface area (Å²) in [5.74, 6) is -9.36. The smallest absolute Gasteiger partial charge is 0.326 e. The van der Waals surface area contributed by atoms with Gasteiger partial charge in [-0.3, -0.25) is 53.2 Å². The molecule has 69 heavy (non-hydrogen) atoms. The molecule has 0 bridgehead atoms. The van der Waals surface area contributed by atoms with E-state index in [0.29, 0.717) is 37.8 Å². The van der Waals surface area contributed by atoms with Crippen LogP contribution < -0.4 is 16.0 Å². The SMILES string of the molecule is O=C(O)CC[C@H](NC(=O)N[C@@H](CCCCN(CCCCCNC(=O)CCC(C(=O)O)N1CCN(CC(=O)O)CCN(CC(=O)O)CCN(CC(=O)O)CC1)C(=O)c1ccc(I)cc1)C(=O)O)C(=O)O. The fourth-order valence-corrected chi connectivity index (χ4v) is 7.80. The summed E-state index contributed by atoms with van der Waals surface area (Å²) in [5.41, 5.74) is 0.437. The van der Waals surface area contributed by atoms with Gasteiger partial charge in [-0.2, -0.15) is 0 Å². The van der Waals surface area contributed by atoms with Crippen LogP contribution in [0.25, 0.3) is 0 Å². The van der Waals surface area contributed by atoms with Crippen LogP contribution in [0.2, 0.25) is 0 Å². The molecular weight excluding hydrogens is 1030 g/mol. The van der Waals surface area contributed by atoms with Crippen molar-refractivity contribution in [1.29, 1.82) is 0 Å². The zero-order chi connectivity index (χ0) is 51.5. The van der Waals surface area contributed by atoms with Crippen LogP contribution in [0, 0.1) is 3.57 Å². The minimum atomic E-state index is -1.55. The molecule has 4 amide bonds. The second kappa shape index (κ2) is 32.2. The Morgan fingerprint density at radius 2 is 1.00 bits per heavy atom. The molecule has 0 spiro atoms. The highest BCUT2D eigenvalue weighted by Crippen LogP contribution is 2.14. The van der Waals surface area contributed by atoms with Gasteiger partial charge in [0.2, 0.25) is 5.91 Å². The predicted molar refractivity (Wildman–Crippen MR) is 252 cm³/mol. The van der Waals surface area contributed by atoms with Crippen LogP contribution in [-0.4, -0.2) is 230 Å². The van der Waals surface area contributed by atoms with Crippen LogP contribution in [0.3, 0.4) is 0 Å². The quantitative estimate of drug-likeness (QED) is 0.0357. The monoisotopic (exact) mass is 1090 g/mol. The number of nitrogens with zero attached hydrogens (tertiary/aromatic N) is 5. The normalized spacial score (nSPS) is 15.8. The lowest BCUT2D eigenvalue weighted by Crippen LogP contribution is -2.52. The Morgan fingerprint density at radius 3 is 1.45 bits per heavy atom. The number of carboxylic acid groups (broad SMARTS) is 7. The number of nitrogens with one attached hydrogen (secondary N) is 3. The number of hydrogen-bond donors (Lipinski definition) is 10. The Bertz CT molecular complexity index is 1860. The van der Waals surface area contributed by atoms with Gasteiger partial charge in [0.15, 0.2) is 0 Å². The zero-order valence-electron chi connectivity index (χ0n) is 38.3. The van der Waals surface area contributed by atoms with Crippen LogP contribution in [-0.2, 0) is 38.4 Å². The number of aliphatic carboxylic acids is 7. The zero-order valence-corrected chi connectivity index (χ0v) is 40.5. The molecule has 1 aromatic carbocycles. The third kappa shape index (κ3) is 25.5. The van der Waals surface area contributed by atoms with Crippen molar-refractivity contribution in [3.05, 3.63) is 33.4 Å². The first kappa shape index (κ1) is 59.4. The fourth-order valence-electron chi connectivity index (χ4n) is 7.44. The highest BCUT2D eigenvalue weighted by atomic mass is 127. The van der Waals surface area contributed by atoms with E-state index in [1.165, 1.54) is 0 Å². The van der Waals surface area contributed by atoms with E-state index in [4.69, 9.17) is 5.11 Å². The molecule has 0 radical (unpaired) electrons. The number of carbonyl (C=O) groups is 10. The van der Waals surface area contributed by atoms with Crippen molar-refractivity contribution < 1.29 is 83.7 Å². The summed E-state index contributed by atoms with van der Waals surface area (Å²) in [4.78, 5) is 128. The number of halogens is 1. The van der Waals surface area contributed by atoms with E-state index in [0.717, 1.165) is 3.57 Å². The number of carbonyl (C=O) groups excluding carboxylic acids is 3. The Kier molecular flexibility index (Phi) is 27.7. The first-order valence-electron chi connectivity index (χ1n) is 22.5. The summed E-state index contributed by atoms with van der Waals surface area (Å²) in [5, 5.41) is 73.6. The van der Waals surface area contributed by atoms with Crippen molar-refractivity contribution in [1.82, 2.24) is 40.4 Å². The second-order valence-corrected chi connectivity index (χ2v) is 17.7. The molecule has 386 valence electrons. The highest BCUT2D eigenvalue weighted by Gasteiger charge is 2.29. The van der Waals surface area contributed by atoms with E-state index in [2.05, 4.69) is 38.5 Å². The van der Waals surface area contributed by atoms with Crippen LogP contribution in [0.4, 0.5) is 4.79 Å². The van der Waals surface area contributed by atoms with E-state index in [1.807, 2.05) is 0 Å². The lowest BCUT2D eigenvalue weighted by atomic mass is 10.1. The van der Waals surface area contributed by atoms with Crippen LogP contribution >= 0.6 is 22.6 Å². The topological polar surface area (TPSA) is 365 Å². The van der Waals surface area contributed by atoms with Gasteiger partial charge in [0.25, 0.3) is 5.91 Å². The fraction of sp³-hybridized carbons (Fsp3) is 0.628. The third-order valence-corrected chi connectivity index (χ3v) is 11.9. The van der Waals surface area contributed by atoms with Gasteiger partial charge < -0.3 is 56.6 Å². The molecule has 0 saturated carbocycles. The third-order valence-electron chi connectivity index (χ3n) is 11.1. The molecule has 0 aromatic heterocycles. The number of carboxylic acids is 7. The summed E-state index contributed by atoms with van der Waals surface area (Å²) in [6.07, 6.45) is 0.968.